The van der Waals surface area contributed by atoms with Gasteiger partial charge in [-0.05, 0) is 44.4 Å². The molecule has 3 nitrogen and oxygen atoms in total. The van der Waals surface area contributed by atoms with Crippen LogP contribution in [0.2, 0.25) is 0 Å². The van der Waals surface area contributed by atoms with Gasteiger partial charge in [0.1, 0.15) is 0 Å². The van der Waals surface area contributed by atoms with Gasteiger partial charge in [0.15, 0.2) is 6.29 Å². The van der Waals surface area contributed by atoms with Gasteiger partial charge in [-0.3, -0.25) is 0 Å². The van der Waals surface area contributed by atoms with E-state index >= 15 is 0 Å². The molecule has 0 aromatic rings. The van der Waals surface area contributed by atoms with Gasteiger partial charge in [0.05, 0.1) is 19.3 Å². The Morgan fingerprint density at radius 3 is 1.21 bits per heavy atom. The first-order valence-corrected chi connectivity index (χ1v) is 10.2. The molecule has 0 radical (unpaired) electrons. The molecule has 3 rings (SSSR count). The number of ether oxygens (including phenoxy) is 3. The van der Waals surface area contributed by atoms with E-state index in [2.05, 4.69) is 34.6 Å². The average Bonchev–Trinajstić information content (AvgIpc) is 2.57. The molecule has 24 heavy (non-hydrogen) atoms. The summed E-state index contributed by atoms with van der Waals surface area (Å²) in [6.07, 6.45) is 9.03. The predicted molar refractivity (Wildman–Crippen MR) is 101 cm³/mol. The second-order valence-electron chi connectivity index (χ2n) is 8.53. The highest BCUT2D eigenvalue weighted by atomic mass is 16.7. The second kappa shape index (κ2) is 12.3. The molecule has 0 N–H and O–H groups in total. The van der Waals surface area contributed by atoms with Crippen LogP contribution in [0.3, 0.4) is 0 Å². The molecule has 3 fully saturated rings. The van der Waals surface area contributed by atoms with E-state index in [4.69, 9.17) is 14.2 Å². The third kappa shape index (κ3) is 10.7. The SMILES string of the molecule is CC1CCC(C)CC1.CC1CCC(C)OC1.CC1COC(C)OC1. The number of rotatable bonds is 0. The van der Waals surface area contributed by atoms with Gasteiger partial charge < -0.3 is 14.2 Å². The van der Waals surface area contributed by atoms with Gasteiger partial charge in [0.25, 0.3) is 0 Å². The Hall–Kier alpha value is -0.120. The highest BCUT2D eigenvalue weighted by Crippen LogP contribution is 2.27. The predicted octanol–water partition coefficient (Wildman–Crippen LogP) is 5.67. The molecule has 3 heteroatoms. The van der Waals surface area contributed by atoms with Crippen LogP contribution >= 0.6 is 0 Å². The van der Waals surface area contributed by atoms with Crippen LogP contribution in [0.15, 0.2) is 0 Å². The molecule has 2 heterocycles. The largest absolute Gasteiger partial charge is 0.378 e. The van der Waals surface area contributed by atoms with E-state index in [1.54, 1.807) is 0 Å². The Balaban J connectivity index is 0.000000180. The van der Waals surface area contributed by atoms with Crippen molar-refractivity contribution in [3.8, 4) is 0 Å². The summed E-state index contributed by atoms with van der Waals surface area (Å²) in [5.41, 5.74) is 0. The van der Waals surface area contributed by atoms with Crippen LogP contribution in [0.5, 0.6) is 0 Å². The fourth-order valence-electron chi connectivity index (χ4n) is 3.14. The van der Waals surface area contributed by atoms with Gasteiger partial charge in [-0.2, -0.15) is 0 Å². The maximum atomic E-state index is 5.39. The van der Waals surface area contributed by atoms with Gasteiger partial charge in [0.2, 0.25) is 0 Å². The molecule has 2 atom stereocenters. The van der Waals surface area contributed by atoms with E-state index in [-0.39, 0.29) is 6.29 Å². The van der Waals surface area contributed by atoms with Crippen LogP contribution < -0.4 is 0 Å². The molecule has 2 saturated heterocycles. The highest BCUT2D eigenvalue weighted by molar-refractivity contribution is 4.65. The van der Waals surface area contributed by atoms with E-state index in [1.807, 2.05) is 6.92 Å². The van der Waals surface area contributed by atoms with E-state index < -0.39 is 0 Å². The van der Waals surface area contributed by atoms with Gasteiger partial charge in [-0.15, -0.1) is 0 Å². The fourth-order valence-corrected chi connectivity index (χ4v) is 3.14. The van der Waals surface area contributed by atoms with Gasteiger partial charge in [-0.25, -0.2) is 0 Å². The normalized spacial score (nSPS) is 39.8. The van der Waals surface area contributed by atoms with Crippen LogP contribution in [-0.2, 0) is 14.2 Å². The molecule has 1 aliphatic carbocycles. The Morgan fingerprint density at radius 1 is 0.458 bits per heavy atom. The highest BCUT2D eigenvalue weighted by Gasteiger charge is 2.14. The smallest absolute Gasteiger partial charge is 0.154 e. The molecule has 0 aromatic heterocycles. The summed E-state index contributed by atoms with van der Waals surface area (Å²) in [5, 5.41) is 0. The Morgan fingerprint density at radius 2 is 0.875 bits per heavy atom. The molecule has 0 amide bonds. The van der Waals surface area contributed by atoms with Crippen molar-refractivity contribution in [1.82, 2.24) is 0 Å². The quantitative estimate of drug-likeness (QED) is 0.567. The first kappa shape index (κ1) is 21.9. The summed E-state index contributed by atoms with van der Waals surface area (Å²) in [7, 11) is 0. The number of hydrogen-bond donors (Lipinski definition) is 0. The Kier molecular flexibility index (Phi) is 11.2. The summed E-state index contributed by atoms with van der Waals surface area (Å²) in [6.45, 7) is 15.8. The molecular weight excluding hydrogens is 300 g/mol. The number of hydrogen-bond acceptors (Lipinski definition) is 3. The third-order valence-electron chi connectivity index (χ3n) is 5.27. The molecule has 1 saturated carbocycles. The van der Waals surface area contributed by atoms with E-state index in [0.29, 0.717) is 12.0 Å². The van der Waals surface area contributed by atoms with Crippen LogP contribution in [0, 0.1) is 23.7 Å². The van der Waals surface area contributed by atoms with Crippen LogP contribution in [0.4, 0.5) is 0 Å². The van der Waals surface area contributed by atoms with Crippen molar-refractivity contribution >= 4 is 0 Å². The molecule has 3 aliphatic rings. The van der Waals surface area contributed by atoms with Crippen molar-refractivity contribution in [3.63, 3.8) is 0 Å². The monoisotopic (exact) mass is 342 g/mol. The van der Waals surface area contributed by atoms with Crippen molar-refractivity contribution < 1.29 is 14.2 Å². The van der Waals surface area contributed by atoms with Crippen molar-refractivity contribution in [2.75, 3.05) is 19.8 Å². The third-order valence-corrected chi connectivity index (χ3v) is 5.27. The molecule has 0 aromatic carbocycles. The molecule has 144 valence electrons. The zero-order valence-electron chi connectivity index (χ0n) is 17.1. The summed E-state index contributed by atoms with van der Waals surface area (Å²) < 4.78 is 15.7. The zero-order valence-corrected chi connectivity index (χ0v) is 17.1. The molecular formula is C21H42O3. The molecule has 0 bridgehead atoms. The first-order chi connectivity index (χ1) is 11.4. The Labute approximate surface area is 150 Å². The summed E-state index contributed by atoms with van der Waals surface area (Å²) in [5.74, 6) is 3.41. The minimum atomic E-state index is 0.0196. The van der Waals surface area contributed by atoms with Gasteiger partial charge >= 0.3 is 0 Å². The standard InChI is InChI=1S/C8H16.C7H14O.C6H12O2/c1-7-3-5-8(2)6-4-7;1-6-3-4-7(2)8-5-6;1-5-3-7-6(2)8-4-5/h7-8H,3-6H2,1-2H3;6-7H,3-5H2,1-2H3;5-6H,3-4H2,1-2H3. The first-order valence-electron chi connectivity index (χ1n) is 10.2. The van der Waals surface area contributed by atoms with E-state index in [0.717, 1.165) is 37.6 Å². The van der Waals surface area contributed by atoms with Crippen molar-refractivity contribution in [1.29, 1.82) is 0 Å². The lowest BCUT2D eigenvalue weighted by Gasteiger charge is -2.24. The maximum absolute atomic E-state index is 5.39. The van der Waals surface area contributed by atoms with E-state index in [1.165, 1.54) is 38.5 Å². The molecule has 0 spiro atoms. The maximum Gasteiger partial charge on any atom is 0.154 e. The van der Waals surface area contributed by atoms with E-state index in [9.17, 15) is 0 Å². The summed E-state index contributed by atoms with van der Waals surface area (Å²) in [6, 6.07) is 0. The second-order valence-corrected chi connectivity index (χ2v) is 8.53. The average molecular weight is 343 g/mol. The minimum absolute atomic E-state index is 0.0196. The van der Waals surface area contributed by atoms with Gasteiger partial charge in [-0.1, -0.05) is 53.4 Å². The lowest BCUT2D eigenvalue weighted by molar-refractivity contribution is -0.187. The van der Waals surface area contributed by atoms with Gasteiger partial charge in [0, 0.05) is 12.5 Å². The van der Waals surface area contributed by atoms with Crippen molar-refractivity contribution in [2.24, 2.45) is 23.7 Å². The van der Waals surface area contributed by atoms with Crippen LogP contribution in [0.1, 0.15) is 80.1 Å². The van der Waals surface area contributed by atoms with Crippen LogP contribution in [0.25, 0.3) is 0 Å². The van der Waals surface area contributed by atoms with Crippen LogP contribution in [-0.4, -0.2) is 32.2 Å². The zero-order chi connectivity index (χ0) is 17.9. The lowest BCUT2D eigenvalue weighted by atomic mass is 9.84. The summed E-state index contributed by atoms with van der Waals surface area (Å²) >= 11 is 0. The Bertz CT molecular complexity index is 206. The topological polar surface area (TPSA) is 27.7 Å². The van der Waals surface area contributed by atoms with Crippen molar-refractivity contribution in [3.05, 3.63) is 0 Å². The lowest BCUT2D eigenvalue weighted by Crippen LogP contribution is -2.27. The minimum Gasteiger partial charge on any atom is -0.378 e. The molecule has 2 aliphatic heterocycles. The fraction of sp³-hybridized carbons (Fsp3) is 1.00. The summed E-state index contributed by atoms with van der Waals surface area (Å²) in [4.78, 5) is 0. The molecule has 2 unspecified atom stereocenters. The van der Waals surface area contributed by atoms with Crippen molar-refractivity contribution in [2.45, 2.75) is 92.5 Å².